The van der Waals surface area contributed by atoms with Crippen molar-refractivity contribution in [3.63, 3.8) is 0 Å². The molecule has 0 bridgehead atoms. The summed E-state index contributed by atoms with van der Waals surface area (Å²) in [7, 11) is 0. The Labute approximate surface area is 163 Å². The molecule has 0 atom stereocenters. The van der Waals surface area contributed by atoms with Crippen molar-refractivity contribution in [1.82, 2.24) is 0 Å². The van der Waals surface area contributed by atoms with Crippen molar-refractivity contribution in [3.8, 4) is 0 Å². The van der Waals surface area contributed by atoms with Crippen LogP contribution < -0.4 is 0 Å². The van der Waals surface area contributed by atoms with E-state index in [9.17, 15) is 0 Å². The number of allylic oxidation sites excluding steroid dienone is 4. The first-order chi connectivity index (χ1) is 8.70. The van der Waals surface area contributed by atoms with Crippen LogP contribution in [0.5, 0.6) is 0 Å². The minimum absolute atomic E-state index is 0. The summed E-state index contributed by atoms with van der Waals surface area (Å²) in [5, 5.41) is 1.07. The van der Waals surface area contributed by atoms with Crippen LogP contribution in [0.1, 0.15) is 76.2 Å². The van der Waals surface area contributed by atoms with Crippen molar-refractivity contribution in [2.45, 2.75) is 86.5 Å². The molecule has 1 rings (SSSR count). The maximum absolute atomic E-state index is 2.47. The molecule has 0 aromatic heterocycles. The largest absolute Gasteiger partial charge is 0.147 e. The third-order valence-corrected chi connectivity index (χ3v) is 23.4. The molecule has 22 heavy (non-hydrogen) atoms. The van der Waals surface area contributed by atoms with E-state index < -0.39 is 22.7 Å². The van der Waals surface area contributed by atoms with E-state index in [0.717, 1.165) is 0 Å². The zero-order valence-corrected chi connectivity index (χ0v) is 21.2. The van der Waals surface area contributed by atoms with Crippen LogP contribution in [0.4, 0.5) is 0 Å². The second-order valence-electron chi connectivity index (χ2n) is 8.66. The summed E-state index contributed by atoms with van der Waals surface area (Å²) in [5.74, 6) is 0. The fourth-order valence-corrected chi connectivity index (χ4v) is 17.4. The minimum Gasteiger partial charge on any atom is -0.147 e. The standard InChI is InChI=1S/C10H15.C8H18P.2ClH.Zr/c1-7-6-10(4,5)9(3)8(7)2;1-7(2,3)9-8(4,5)6;;;/h1-5H3;1-6H3;2*1H;/q;-1;;;+1. The van der Waals surface area contributed by atoms with E-state index in [1.807, 2.05) is 3.28 Å². The predicted octanol–water partition coefficient (Wildman–Crippen LogP) is 7.56. The van der Waals surface area contributed by atoms with E-state index in [0.29, 0.717) is 15.7 Å². The van der Waals surface area contributed by atoms with E-state index in [4.69, 9.17) is 0 Å². The molecule has 0 fully saturated rings. The summed E-state index contributed by atoms with van der Waals surface area (Å²) in [6, 6.07) is 0. The average Bonchev–Trinajstić information content (AvgIpc) is 2.35. The number of halogens is 2. The Bertz CT molecular complexity index is 448. The van der Waals surface area contributed by atoms with Crippen LogP contribution in [0.2, 0.25) is 0 Å². The molecule has 0 unspecified atom stereocenters. The smallest absolute Gasteiger partial charge is 0.147 e. The Kier molecular flexibility index (Phi) is 9.51. The zero-order chi connectivity index (χ0) is 16.1. The molecular formula is C18H35Cl2PZr. The fourth-order valence-electron chi connectivity index (χ4n) is 3.27. The van der Waals surface area contributed by atoms with Gasteiger partial charge in [-0.2, -0.15) is 0 Å². The molecule has 0 radical (unpaired) electrons. The first-order valence-electron chi connectivity index (χ1n) is 7.67. The van der Waals surface area contributed by atoms with Gasteiger partial charge in [-0.15, -0.1) is 24.8 Å². The molecule has 0 aromatic carbocycles. The van der Waals surface area contributed by atoms with Gasteiger partial charge >= 0.3 is 140 Å². The van der Waals surface area contributed by atoms with Crippen LogP contribution in [0.3, 0.4) is 0 Å². The van der Waals surface area contributed by atoms with Crippen molar-refractivity contribution in [2.24, 2.45) is 5.41 Å². The van der Waals surface area contributed by atoms with Gasteiger partial charge in [-0.25, -0.2) is 0 Å². The summed E-state index contributed by atoms with van der Waals surface area (Å²) >= 11 is -0.557. The molecule has 0 aromatic rings. The monoisotopic (exact) mass is 442 g/mol. The second kappa shape index (κ2) is 8.17. The van der Waals surface area contributed by atoms with Gasteiger partial charge in [0.1, 0.15) is 0 Å². The van der Waals surface area contributed by atoms with Gasteiger partial charge in [0.15, 0.2) is 0 Å². The molecule has 0 nitrogen and oxygen atoms in total. The van der Waals surface area contributed by atoms with Gasteiger partial charge in [0.25, 0.3) is 0 Å². The first-order valence-corrected chi connectivity index (χ1v) is 13.5. The van der Waals surface area contributed by atoms with Crippen LogP contribution in [0.25, 0.3) is 0 Å². The molecule has 0 amide bonds. The van der Waals surface area contributed by atoms with Gasteiger partial charge in [-0.05, 0) is 0 Å². The van der Waals surface area contributed by atoms with Crippen LogP contribution in [0.15, 0.2) is 20.0 Å². The Balaban J connectivity index is 0. The first kappa shape index (κ1) is 25.6. The van der Waals surface area contributed by atoms with Crippen LogP contribution in [0, 0.1) is 5.41 Å². The van der Waals surface area contributed by atoms with E-state index in [1.54, 1.807) is 16.7 Å². The molecule has 4 heteroatoms. The molecule has 0 heterocycles. The average molecular weight is 445 g/mol. The van der Waals surface area contributed by atoms with Gasteiger partial charge in [0, 0.05) is 0 Å². The Morgan fingerprint density at radius 3 is 1.36 bits per heavy atom. The minimum atomic E-state index is -0.557. The van der Waals surface area contributed by atoms with Gasteiger partial charge in [0.2, 0.25) is 0 Å². The van der Waals surface area contributed by atoms with Gasteiger partial charge in [-0.3, -0.25) is 0 Å². The SMILES string of the molecule is CC1=C(C)C(C)(C)[C]([Zr][P](C(C)(C)C)C(C)(C)C)=C1C.Cl.Cl. The fraction of sp³-hybridized carbons (Fsp3) is 0.778. The third kappa shape index (κ3) is 5.18. The van der Waals surface area contributed by atoms with Crippen LogP contribution in [-0.2, 0) is 22.7 Å². The molecular weight excluding hydrogens is 409 g/mol. The molecule has 130 valence electrons. The van der Waals surface area contributed by atoms with Crippen molar-refractivity contribution < 1.29 is 22.7 Å². The van der Waals surface area contributed by atoms with Crippen LogP contribution >= 0.6 is 30.0 Å². The summed E-state index contributed by atoms with van der Waals surface area (Å²) < 4.78 is 1.87. The van der Waals surface area contributed by atoms with Crippen LogP contribution in [-0.4, -0.2) is 10.3 Å². The predicted molar refractivity (Wildman–Crippen MR) is 106 cm³/mol. The summed E-state index contributed by atoms with van der Waals surface area (Å²) in [5.41, 5.74) is 5.16. The van der Waals surface area contributed by atoms with E-state index in [2.05, 4.69) is 76.2 Å². The van der Waals surface area contributed by atoms with Gasteiger partial charge in [-0.1, -0.05) is 0 Å². The molecule has 1 aliphatic rings. The molecule has 0 aliphatic heterocycles. The molecule has 0 N–H and O–H groups in total. The van der Waals surface area contributed by atoms with Crippen molar-refractivity contribution >= 4 is 30.0 Å². The zero-order valence-electron chi connectivity index (χ0n) is 16.3. The number of hydrogen-bond donors (Lipinski definition) is 0. The maximum atomic E-state index is 2.47. The molecule has 0 saturated carbocycles. The number of hydrogen-bond acceptors (Lipinski definition) is 0. The third-order valence-electron chi connectivity index (χ3n) is 4.63. The maximum Gasteiger partial charge on any atom is -0.147 e. The normalized spacial score (nSPS) is 18.4. The Hall–Kier alpha value is 1.37. The summed E-state index contributed by atoms with van der Waals surface area (Å²) in [6.07, 6.45) is 0. The van der Waals surface area contributed by atoms with E-state index in [1.165, 1.54) is 0 Å². The molecule has 1 aliphatic carbocycles. The van der Waals surface area contributed by atoms with Crippen molar-refractivity contribution in [3.05, 3.63) is 20.0 Å². The molecule has 0 spiro atoms. The molecule has 0 saturated heterocycles. The number of rotatable bonds is 2. The summed E-state index contributed by atoms with van der Waals surface area (Å²) in [4.78, 5) is 0. The van der Waals surface area contributed by atoms with Crippen molar-refractivity contribution in [2.75, 3.05) is 0 Å². The summed E-state index contributed by atoms with van der Waals surface area (Å²) in [6.45, 7) is 26.8. The van der Waals surface area contributed by atoms with E-state index in [-0.39, 0.29) is 30.0 Å². The Morgan fingerprint density at radius 2 is 1.14 bits per heavy atom. The van der Waals surface area contributed by atoms with Gasteiger partial charge < -0.3 is 0 Å². The van der Waals surface area contributed by atoms with Gasteiger partial charge in [0.05, 0.1) is 0 Å². The topological polar surface area (TPSA) is 0 Å². The quantitative estimate of drug-likeness (QED) is 0.386. The second-order valence-corrected chi connectivity index (χ2v) is 18.4. The Morgan fingerprint density at radius 1 is 0.773 bits per heavy atom. The van der Waals surface area contributed by atoms with Crippen molar-refractivity contribution in [1.29, 1.82) is 0 Å². The van der Waals surface area contributed by atoms with E-state index >= 15 is 0 Å².